The molecule has 0 saturated heterocycles. The van der Waals surface area contributed by atoms with E-state index in [1.165, 1.54) is 41.7 Å². The van der Waals surface area contributed by atoms with Gasteiger partial charge in [0.05, 0.1) is 33.6 Å². The maximum atomic E-state index is 16.2. The van der Waals surface area contributed by atoms with Crippen LogP contribution in [-0.2, 0) is 19.9 Å². The molecule has 2 N–H and O–H groups in total. The summed E-state index contributed by atoms with van der Waals surface area (Å²) in [7, 11) is 0. The topological polar surface area (TPSA) is 129 Å². The van der Waals surface area contributed by atoms with Crippen LogP contribution in [0.5, 0.6) is 0 Å². The van der Waals surface area contributed by atoms with Crippen LogP contribution in [0.1, 0.15) is 82.8 Å². The summed E-state index contributed by atoms with van der Waals surface area (Å²) in [6.07, 6.45) is -0.829. The van der Waals surface area contributed by atoms with E-state index in [-0.39, 0.29) is 47.1 Å². The van der Waals surface area contributed by atoms with E-state index in [0.717, 1.165) is 22.8 Å². The first-order valence-corrected chi connectivity index (χ1v) is 17.5. The number of thiazole rings is 1. The van der Waals surface area contributed by atoms with Gasteiger partial charge >= 0.3 is 5.97 Å². The highest BCUT2D eigenvalue weighted by atomic mass is 35.5. The normalized spacial score (nSPS) is 19.2. The molecule has 2 aromatic heterocycles. The van der Waals surface area contributed by atoms with Gasteiger partial charge in [-0.2, -0.15) is 5.10 Å². The molecule has 1 saturated carbocycles. The molecule has 52 heavy (non-hydrogen) atoms. The second-order valence-electron chi connectivity index (χ2n) is 14.4. The SMILES string of the molecule is CC(C)(C)C[C@]1(c2ccc(-c3cncs3)cc2F)N=C(N)N([C@H](COC(=O)CC2(C(C)(F)F)CC2)c2ccc(Cl)c(-n3ncnc3C(F)F)c2)C1=O. The molecule has 0 radical (unpaired) electrons. The third-order valence-electron chi connectivity index (χ3n) is 9.38. The molecule has 4 aromatic rings. The number of alkyl halides is 4. The van der Waals surface area contributed by atoms with Crippen LogP contribution in [0, 0.1) is 16.6 Å². The summed E-state index contributed by atoms with van der Waals surface area (Å²) >= 11 is 7.75. The van der Waals surface area contributed by atoms with Crippen LogP contribution in [0.15, 0.2) is 59.4 Å². The van der Waals surface area contributed by atoms with Crippen molar-refractivity contribution in [2.45, 2.75) is 77.3 Å². The number of carbonyl (C=O) groups is 2. The Bertz CT molecular complexity index is 2020. The Hall–Kier alpha value is -4.44. The average molecular weight is 764 g/mol. The Morgan fingerprint density at radius 2 is 1.87 bits per heavy atom. The fourth-order valence-corrected chi connectivity index (χ4v) is 7.46. The van der Waals surface area contributed by atoms with Crippen molar-refractivity contribution in [1.82, 2.24) is 24.6 Å². The van der Waals surface area contributed by atoms with E-state index in [9.17, 15) is 27.2 Å². The Labute approximate surface area is 304 Å². The highest BCUT2D eigenvalue weighted by Crippen LogP contribution is 2.59. The van der Waals surface area contributed by atoms with Crippen molar-refractivity contribution in [2.75, 3.05) is 6.61 Å². The van der Waals surface area contributed by atoms with Gasteiger partial charge < -0.3 is 10.5 Å². The number of rotatable bonds is 12. The number of esters is 1. The van der Waals surface area contributed by atoms with Crippen molar-refractivity contribution in [3.63, 3.8) is 0 Å². The van der Waals surface area contributed by atoms with Gasteiger partial charge in [-0.25, -0.2) is 36.6 Å². The molecule has 17 heteroatoms. The van der Waals surface area contributed by atoms with E-state index in [0.29, 0.717) is 10.4 Å². The standard InChI is InChI=1S/C35H35ClF5N7O3S/c1-32(2,3)16-35(21-7-5-20(11-23(21)37)26-14-43-18-52-26)30(50)47(31(42)46-35)25(15-51-27(49)13-34(9-10-34)33(4,40)41)19-6-8-22(36)24(12-19)48-29(28(38)39)44-17-45-48/h5-8,11-12,14,17-18,25,28H,9-10,13,15-16H2,1-4H3,(H2,42,46)/t25-,35-/m1/s1. The van der Waals surface area contributed by atoms with Crippen LogP contribution in [0.25, 0.3) is 16.1 Å². The Morgan fingerprint density at radius 3 is 2.46 bits per heavy atom. The van der Waals surface area contributed by atoms with Crippen LogP contribution in [-0.4, -0.2) is 55.0 Å². The van der Waals surface area contributed by atoms with Crippen LogP contribution in [0.3, 0.4) is 0 Å². The molecule has 3 heterocycles. The Kier molecular flexibility index (Phi) is 9.70. The molecule has 0 unspecified atom stereocenters. The van der Waals surface area contributed by atoms with Crippen LogP contribution < -0.4 is 5.73 Å². The van der Waals surface area contributed by atoms with Gasteiger partial charge in [0.25, 0.3) is 18.3 Å². The van der Waals surface area contributed by atoms with E-state index in [2.05, 4.69) is 20.1 Å². The van der Waals surface area contributed by atoms with Crippen molar-refractivity contribution in [1.29, 1.82) is 0 Å². The van der Waals surface area contributed by atoms with Gasteiger partial charge in [-0.05, 0) is 60.9 Å². The third-order valence-corrected chi connectivity index (χ3v) is 10.5. The van der Waals surface area contributed by atoms with Crippen molar-refractivity contribution >= 4 is 40.8 Å². The van der Waals surface area contributed by atoms with Gasteiger partial charge in [0.1, 0.15) is 18.8 Å². The van der Waals surface area contributed by atoms with Gasteiger partial charge in [-0.1, -0.05) is 50.6 Å². The predicted octanol–water partition coefficient (Wildman–Crippen LogP) is 8.02. The number of nitrogens with two attached hydrogens (primary N) is 1. The number of halogens is 6. The number of guanidine groups is 1. The van der Waals surface area contributed by atoms with Crippen molar-refractivity contribution in [3.05, 3.63) is 82.2 Å². The van der Waals surface area contributed by atoms with E-state index < -0.39 is 71.3 Å². The summed E-state index contributed by atoms with van der Waals surface area (Å²) in [6, 6.07) is 7.28. The van der Waals surface area contributed by atoms with Crippen LogP contribution >= 0.6 is 22.9 Å². The molecule has 6 rings (SSSR count). The Morgan fingerprint density at radius 1 is 1.13 bits per heavy atom. The molecule has 276 valence electrons. The lowest BCUT2D eigenvalue weighted by atomic mass is 9.75. The fourth-order valence-electron chi connectivity index (χ4n) is 6.64. The van der Waals surface area contributed by atoms with Gasteiger partial charge in [-0.15, -0.1) is 11.3 Å². The first kappa shape index (κ1) is 37.3. The monoisotopic (exact) mass is 763 g/mol. The van der Waals surface area contributed by atoms with Gasteiger partial charge in [0.2, 0.25) is 0 Å². The number of benzene rings is 2. The molecule has 0 bridgehead atoms. The summed E-state index contributed by atoms with van der Waals surface area (Å²) in [5, 5.41) is 3.88. The largest absolute Gasteiger partial charge is 0.463 e. The molecule has 0 spiro atoms. The number of hydrogen-bond acceptors (Lipinski definition) is 9. The molecular formula is C35H35ClF5N7O3S. The van der Waals surface area contributed by atoms with Gasteiger partial charge in [-0.3, -0.25) is 19.5 Å². The number of hydrogen-bond donors (Lipinski definition) is 1. The van der Waals surface area contributed by atoms with Gasteiger partial charge in [0, 0.05) is 17.2 Å². The van der Waals surface area contributed by atoms with Crippen LogP contribution in [0.4, 0.5) is 22.0 Å². The average Bonchev–Trinajstić information content (AvgIpc) is 3.37. The lowest BCUT2D eigenvalue weighted by Gasteiger charge is -2.35. The summed E-state index contributed by atoms with van der Waals surface area (Å²) in [6.45, 7) is 5.69. The van der Waals surface area contributed by atoms with Crippen molar-refractivity contribution in [3.8, 4) is 16.1 Å². The molecule has 1 aliphatic carbocycles. The highest BCUT2D eigenvalue weighted by Gasteiger charge is 2.60. The first-order valence-electron chi connectivity index (χ1n) is 16.2. The molecular weight excluding hydrogens is 729 g/mol. The molecule has 10 nitrogen and oxygen atoms in total. The maximum Gasteiger partial charge on any atom is 0.306 e. The zero-order chi connectivity index (χ0) is 37.8. The molecule has 2 atom stereocenters. The second-order valence-corrected chi connectivity index (χ2v) is 15.7. The predicted molar refractivity (Wildman–Crippen MR) is 184 cm³/mol. The lowest BCUT2D eigenvalue weighted by molar-refractivity contribution is -0.153. The summed E-state index contributed by atoms with van der Waals surface area (Å²) in [4.78, 5) is 42.0. The number of ether oxygens (including phenoxy) is 1. The fraction of sp³-hybridized carbons (Fsp3) is 0.429. The van der Waals surface area contributed by atoms with E-state index in [1.807, 2.05) is 20.8 Å². The first-order chi connectivity index (χ1) is 24.4. The number of nitrogens with zero attached hydrogens (tertiary/aromatic N) is 6. The number of aliphatic imine (C=N–C) groups is 1. The number of amides is 1. The number of carbonyl (C=O) groups excluding carboxylic acids is 2. The molecule has 1 amide bonds. The maximum absolute atomic E-state index is 16.2. The molecule has 1 fully saturated rings. The molecule has 2 aliphatic rings. The minimum Gasteiger partial charge on any atom is -0.463 e. The summed E-state index contributed by atoms with van der Waals surface area (Å²) < 4.78 is 79.0. The quantitative estimate of drug-likeness (QED) is 0.114. The van der Waals surface area contributed by atoms with E-state index in [4.69, 9.17) is 22.1 Å². The van der Waals surface area contributed by atoms with E-state index >= 15 is 4.39 Å². The zero-order valence-electron chi connectivity index (χ0n) is 28.5. The van der Waals surface area contributed by atoms with Crippen LogP contribution in [0.2, 0.25) is 5.02 Å². The lowest BCUT2D eigenvalue weighted by Crippen LogP contribution is -2.47. The second kappa shape index (κ2) is 13.5. The van der Waals surface area contributed by atoms with Crippen molar-refractivity contribution < 1.29 is 36.3 Å². The minimum atomic E-state index is -3.13. The summed E-state index contributed by atoms with van der Waals surface area (Å²) in [5.74, 6) is -6.61. The number of aromatic nitrogens is 4. The van der Waals surface area contributed by atoms with E-state index in [1.54, 1.807) is 17.8 Å². The summed E-state index contributed by atoms with van der Waals surface area (Å²) in [5.41, 5.74) is 4.73. The minimum absolute atomic E-state index is 0.00393. The van der Waals surface area contributed by atoms with Crippen molar-refractivity contribution in [2.24, 2.45) is 21.6 Å². The Balaban J connectivity index is 1.43. The molecule has 1 aliphatic heterocycles. The molecule has 2 aromatic carbocycles. The smallest absolute Gasteiger partial charge is 0.306 e. The third kappa shape index (κ3) is 7.01. The van der Waals surface area contributed by atoms with Gasteiger partial charge in [0.15, 0.2) is 17.3 Å². The highest BCUT2D eigenvalue weighted by molar-refractivity contribution is 7.13. The zero-order valence-corrected chi connectivity index (χ0v) is 30.1.